The van der Waals surface area contributed by atoms with E-state index >= 15 is 0 Å². The maximum Gasteiger partial charge on any atom is 0.331 e. The minimum Gasteiger partial charge on any atom is -0.491 e. The van der Waals surface area contributed by atoms with Gasteiger partial charge in [0.05, 0.1) is 36.5 Å². The quantitative estimate of drug-likeness (QED) is 0.0871. The summed E-state index contributed by atoms with van der Waals surface area (Å²) in [5, 5.41) is 6.82. The van der Waals surface area contributed by atoms with Crippen molar-refractivity contribution in [3.63, 3.8) is 0 Å². The largest absolute Gasteiger partial charge is 0.491 e. The van der Waals surface area contributed by atoms with Crippen molar-refractivity contribution < 1.29 is 32.3 Å². The van der Waals surface area contributed by atoms with Gasteiger partial charge in [0, 0.05) is 51.3 Å². The normalized spacial score (nSPS) is 20.0. The van der Waals surface area contributed by atoms with Gasteiger partial charge in [0.1, 0.15) is 17.4 Å². The van der Waals surface area contributed by atoms with Crippen molar-refractivity contribution in [1.82, 2.24) is 24.2 Å². The molecule has 0 radical (unpaired) electrons. The zero-order valence-electron chi connectivity index (χ0n) is 32.7. The van der Waals surface area contributed by atoms with Gasteiger partial charge in [-0.1, -0.05) is 26.8 Å². The molecule has 16 heteroatoms. The van der Waals surface area contributed by atoms with Crippen LogP contribution in [0.5, 0.6) is 5.75 Å². The third-order valence-electron chi connectivity index (χ3n) is 10.5. The number of nitrogens with one attached hydrogen (secondary N) is 3. The lowest BCUT2D eigenvalue weighted by Crippen LogP contribution is -2.48. The van der Waals surface area contributed by atoms with Crippen LogP contribution in [-0.4, -0.2) is 90.8 Å². The Morgan fingerprint density at radius 2 is 1.73 bits per heavy atom. The van der Waals surface area contributed by atoms with Crippen molar-refractivity contribution in [3.8, 4) is 17.1 Å². The number of carbonyl (C=O) groups is 3. The van der Waals surface area contributed by atoms with Crippen LogP contribution in [-0.2, 0) is 24.3 Å². The number of piperazine rings is 1. The zero-order chi connectivity index (χ0) is 40.3. The Labute approximate surface area is 327 Å². The Hall–Kier alpha value is -5.56. The van der Waals surface area contributed by atoms with E-state index in [1.807, 2.05) is 52.9 Å². The fourth-order valence-electron chi connectivity index (χ4n) is 7.95. The minimum absolute atomic E-state index is 0.0210. The summed E-state index contributed by atoms with van der Waals surface area (Å²) in [5.41, 5.74) is 4.59. The van der Waals surface area contributed by atoms with Crippen LogP contribution >= 0.6 is 0 Å². The average molecular weight is 787 g/mol. The van der Waals surface area contributed by atoms with E-state index in [1.54, 1.807) is 17.6 Å². The maximum atomic E-state index is 13.7. The summed E-state index contributed by atoms with van der Waals surface area (Å²) in [6.07, 6.45) is 4.46. The number of aromatic nitrogens is 3. The molecule has 2 aliphatic rings. The van der Waals surface area contributed by atoms with E-state index in [-0.39, 0.29) is 48.1 Å². The second kappa shape index (κ2) is 16.7. The molecule has 2 aromatic heterocycles. The molecule has 298 valence electrons. The van der Waals surface area contributed by atoms with Gasteiger partial charge in [0.25, 0.3) is 0 Å². The van der Waals surface area contributed by atoms with Crippen molar-refractivity contribution in [2.75, 3.05) is 49.3 Å². The number of fused-ring (bicyclic) bond motifs is 1. The van der Waals surface area contributed by atoms with Crippen LogP contribution in [0.1, 0.15) is 69.3 Å². The number of H-pyrrole nitrogens is 1. The number of nitrogens with zero attached hydrogens (tertiary/aromatic N) is 5. The lowest BCUT2D eigenvalue weighted by molar-refractivity contribution is -0.129. The molecule has 2 amide bonds. The lowest BCUT2D eigenvalue weighted by Gasteiger charge is -2.37. The van der Waals surface area contributed by atoms with Gasteiger partial charge in [-0.25, -0.2) is 23.0 Å². The Kier molecular flexibility index (Phi) is 11.9. The van der Waals surface area contributed by atoms with E-state index in [2.05, 4.69) is 40.9 Å². The number of esters is 1. The number of rotatable bonds is 12. The van der Waals surface area contributed by atoms with Crippen molar-refractivity contribution in [2.24, 2.45) is 17.8 Å². The number of amides is 2. The van der Waals surface area contributed by atoms with Crippen LogP contribution in [0.4, 0.5) is 22.7 Å². The number of benzene rings is 2. The molecular formula is C40H50N8O7S. The van der Waals surface area contributed by atoms with E-state index in [4.69, 9.17) is 21.0 Å². The van der Waals surface area contributed by atoms with Crippen LogP contribution in [0.3, 0.4) is 0 Å². The molecule has 3 heterocycles. The summed E-state index contributed by atoms with van der Waals surface area (Å²) in [6, 6.07) is 11.6. The summed E-state index contributed by atoms with van der Waals surface area (Å²) >= 11 is 0. The van der Waals surface area contributed by atoms with Crippen molar-refractivity contribution in [1.29, 1.82) is 0 Å². The molecule has 0 spiro atoms. The highest BCUT2D eigenvalue weighted by Gasteiger charge is 2.36. The van der Waals surface area contributed by atoms with Gasteiger partial charge in [-0.3, -0.25) is 23.9 Å². The lowest BCUT2D eigenvalue weighted by atomic mass is 9.75. The van der Waals surface area contributed by atoms with Crippen LogP contribution in [0.25, 0.3) is 21.9 Å². The predicted octanol–water partition coefficient (Wildman–Crippen LogP) is 6.06. The molecule has 1 saturated carbocycles. The maximum absolute atomic E-state index is 13.7. The summed E-state index contributed by atoms with van der Waals surface area (Å²) in [6.45, 7) is 20.3. The summed E-state index contributed by atoms with van der Waals surface area (Å²) in [4.78, 5) is 50.4. The molecule has 56 heavy (non-hydrogen) atoms. The smallest absolute Gasteiger partial charge is 0.331 e. The van der Waals surface area contributed by atoms with Crippen LogP contribution < -0.4 is 19.7 Å². The van der Waals surface area contributed by atoms with Crippen LogP contribution in [0, 0.1) is 31.2 Å². The molecule has 2 aromatic carbocycles. The first-order valence-corrected chi connectivity index (χ1v) is 20.8. The van der Waals surface area contributed by atoms with Gasteiger partial charge in [0.15, 0.2) is 11.5 Å². The first-order chi connectivity index (χ1) is 26.6. The number of aromatic amines is 1. The number of carbonyl (C=O) groups excluding carboxylic acids is 3. The average Bonchev–Trinajstić information content (AvgIpc) is 3.70. The third-order valence-corrected chi connectivity index (χ3v) is 11.1. The number of hydrogen-bond donors (Lipinski definition) is 3. The van der Waals surface area contributed by atoms with Gasteiger partial charge < -0.3 is 24.6 Å². The first kappa shape index (κ1) is 40.1. The topological polar surface area (TPSA) is 172 Å². The van der Waals surface area contributed by atoms with Crippen molar-refractivity contribution >= 4 is 56.2 Å². The molecule has 2 unspecified atom stereocenters. The third kappa shape index (κ3) is 9.27. The van der Waals surface area contributed by atoms with Crippen LogP contribution in [0.15, 0.2) is 42.6 Å². The van der Waals surface area contributed by atoms with Crippen LogP contribution in [0.2, 0.25) is 0 Å². The van der Waals surface area contributed by atoms with Gasteiger partial charge in [-0.15, -0.1) is 0 Å². The number of anilines is 3. The summed E-state index contributed by atoms with van der Waals surface area (Å²) < 4.78 is 38.6. The monoisotopic (exact) mass is 786 g/mol. The predicted molar refractivity (Wildman–Crippen MR) is 214 cm³/mol. The molecule has 1 aliphatic heterocycles. The molecular weight excluding hydrogens is 737 g/mol. The van der Waals surface area contributed by atoms with Gasteiger partial charge in [-0.2, -0.15) is 0 Å². The number of ether oxygens (including phenoxy) is 2. The van der Waals surface area contributed by atoms with E-state index in [0.717, 1.165) is 36.0 Å². The van der Waals surface area contributed by atoms with Crippen molar-refractivity contribution in [3.05, 3.63) is 65.1 Å². The Balaban J connectivity index is 1.30. The molecule has 1 aliphatic carbocycles. The molecule has 2 atom stereocenters. The highest BCUT2D eigenvalue weighted by atomic mass is 32.2. The van der Waals surface area contributed by atoms with E-state index in [1.165, 1.54) is 0 Å². The minimum atomic E-state index is -3.64. The van der Waals surface area contributed by atoms with E-state index in [9.17, 15) is 22.8 Å². The van der Waals surface area contributed by atoms with Crippen molar-refractivity contribution in [2.45, 2.75) is 66.4 Å². The zero-order valence-corrected chi connectivity index (χ0v) is 33.5. The molecule has 0 bridgehead atoms. The fraction of sp³-hybridized carbons (Fsp3) is 0.475. The molecule has 4 aromatic rings. The number of aryl methyl sites for hydroxylation is 1. The molecule has 1 saturated heterocycles. The first-order valence-electron chi connectivity index (χ1n) is 19.0. The number of hydrogen-bond acceptors (Lipinski definition) is 10. The standard InChI is InChI=1S/C40H50N8O7S/c1-24-10-13-34(54-18-8-9-35(50)45-56(7,52)53)31(21-24)42-30-22-29(11-12-33(30)47-16-14-46(15-17-47)28(5)49)38-43-39-36(32(41-6)23-48(39)44-38)40(51)55-37-26(3)19-25(2)20-27(37)4/h10-13,21-23,25-27,37,42H,8-9,14-20H2,1-5,7H3,(H,43,44)(H,45,50). The van der Waals surface area contributed by atoms with E-state index in [0.29, 0.717) is 67.0 Å². The SMILES string of the molecule is [C-]#[N+]c1cn2[nH]c(-c3ccc(N4CCN(C(C)=O)CC4)c(Nc4cc(C)ccc4OCCCC(=O)NS(C)(=O)=O)c3)nc2c1C(=O)OC1C(C)CC(C)CC1C. The molecule has 2 fully saturated rings. The molecule has 3 N–H and O–H groups in total. The Morgan fingerprint density at radius 3 is 2.39 bits per heavy atom. The highest BCUT2D eigenvalue weighted by Crippen LogP contribution is 2.39. The van der Waals surface area contributed by atoms with Gasteiger partial charge in [0.2, 0.25) is 27.5 Å². The second-order valence-electron chi connectivity index (χ2n) is 15.3. The fourth-order valence-corrected chi connectivity index (χ4v) is 8.46. The molecule has 15 nitrogen and oxygen atoms in total. The Morgan fingerprint density at radius 1 is 1.02 bits per heavy atom. The number of sulfonamides is 1. The second-order valence-corrected chi connectivity index (χ2v) is 17.0. The highest BCUT2D eigenvalue weighted by molar-refractivity contribution is 7.89. The summed E-state index contributed by atoms with van der Waals surface area (Å²) in [5.74, 6) is 0.842. The van der Waals surface area contributed by atoms with E-state index < -0.39 is 21.9 Å². The summed E-state index contributed by atoms with van der Waals surface area (Å²) in [7, 11) is -3.64. The Bertz CT molecular complexity index is 2260. The molecule has 6 rings (SSSR count). The van der Waals surface area contributed by atoms with Gasteiger partial charge in [-0.05, 0) is 79.8 Å². The van der Waals surface area contributed by atoms with Gasteiger partial charge >= 0.3 is 5.97 Å².